The number of hydrogen-bond donors (Lipinski definition) is 1. The maximum atomic E-state index is 13.1. The summed E-state index contributed by atoms with van der Waals surface area (Å²) in [7, 11) is 3.23. The summed E-state index contributed by atoms with van der Waals surface area (Å²) in [6, 6.07) is 6.47. The van der Waals surface area contributed by atoms with E-state index in [9.17, 15) is 4.39 Å². The number of hydrogen-bond acceptors (Lipinski definition) is 6. The van der Waals surface area contributed by atoms with Crippen LogP contribution in [-0.4, -0.2) is 29.1 Å². The molecule has 0 amide bonds. The Kier molecular flexibility index (Phi) is 3.74. The Balaban J connectivity index is 2.20. The van der Waals surface area contributed by atoms with Gasteiger partial charge in [-0.15, -0.1) is 0 Å². The molecule has 0 fully saturated rings. The zero-order valence-electron chi connectivity index (χ0n) is 10.7. The first kappa shape index (κ1) is 13.0. The fraction of sp³-hybridized carbons (Fsp3) is 0.250. The Morgan fingerprint density at radius 3 is 2.79 bits per heavy atom. The number of nitrogen functional groups attached to an aromatic ring is 1. The van der Waals surface area contributed by atoms with Gasteiger partial charge in [0.15, 0.2) is 0 Å². The van der Waals surface area contributed by atoms with Crippen molar-refractivity contribution in [3.63, 3.8) is 0 Å². The van der Waals surface area contributed by atoms with Crippen LogP contribution in [0.5, 0.6) is 6.01 Å². The van der Waals surface area contributed by atoms with Gasteiger partial charge < -0.3 is 15.4 Å². The Hall–Kier alpha value is -2.44. The summed E-state index contributed by atoms with van der Waals surface area (Å²) in [6.07, 6.45) is 0. The van der Waals surface area contributed by atoms with Gasteiger partial charge in [-0.3, -0.25) is 0 Å². The van der Waals surface area contributed by atoms with Crippen molar-refractivity contribution in [1.82, 2.24) is 15.0 Å². The van der Waals surface area contributed by atoms with Gasteiger partial charge in [0.2, 0.25) is 11.9 Å². The third-order valence-corrected chi connectivity index (χ3v) is 2.45. The molecule has 19 heavy (non-hydrogen) atoms. The lowest BCUT2D eigenvalue weighted by Crippen LogP contribution is -2.20. The third kappa shape index (κ3) is 3.27. The average molecular weight is 263 g/mol. The Labute approximate surface area is 110 Å². The van der Waals surface area contributed by atoms with E-state index in [2.05, 4.69) is 15.0 Å². The van der Waals surface area contributed by atoms with Crippen molar-refractivity contribution >= 4 is 11.9 Å². The number of ether oxygens (including phenoxy) is 1. The lowest BCUT2D eigenvalue weighted by Gasteiger charge is -2.17. The molecule has 0 atom stereocenters. The van der Waals surface area contributed by atoms with E-state index < -0.39 is 0 Å². The fourth-order valence-electron chi connectivity index (χ4n) is 1.60. The maximum Gasteiger partial charge on any atom is 0.322 e. The summed E-state index contributed by atoms with van der Waals surface area (Å²) in [5.74, 6) is 0.167. The molecule has 6 nitrogen and oxygen atoms in total. The van der Waals surface area contributed by atoms with Crippen molar-refractivity contribution < 1.29 is 9.13 Å². The molecule has 0 saturated carbocycles. The highest BCUT2D eigenvalue weighted by Gasteiger charge is 2.10. The van der Waals surface area contributed by atoms with E-state index in [-0.39, 0.29) is 17.8 Å². The topological polar surface area (TPSA) is 77.2 Å². The first-order valence-corrected chi connectivity index (χ1v) is 5.59. The van der Waals surface area contributed by atoms with E-state index in [1.165, 1.54) is 19.2 Å². The quantitative estimate of drug-likeness (QED) is 0.894. The molecule has 2 aromatic rings. The summed E-state index contributed by atoms with van der Waals surface area (Å²) < 4.78 is 18.0. The molecule has 0 spiro atoms. The predicted molar refractivity (Wildman–Crippen MR) is 69.3 cm³/mol. The van der Waals surface area contributed by atoms with Crippen molar-refractivity contribution in [3.8, 4) is 6.01 Å². The summed E-state index contributed by atoms with van der Waals surface area (Å²) >= 11 is 0. The van der Waals surface area contributed by atoms with E-state index >= 15 is 0 Å². The molecule has 0 saturated heterocycles. The molecule has 0 bridgehead atoms. The number of aromatic nitrogens is 3. The first-order valence-electron chi connectivity index (χ1n) is 5.59. The van der Waals surface area contributed by atoms with Gasteiger partial charge in [-0.05, 0) is 17.7 Å². The number of nitrogens with zero attached hydrogens (tertiary/aromatic N) is 4. The number of anilines is 2. The highest BCUT2D eigenvalue weighted by molar-refractivity contribution is 5.36. The molecule has 0 unspecified atom stereocenters. The molecule has 0 aliphatic carbocycles. The standard InChI is InChI=1S/C12H14FN5O/c1-18(7-8-4-3-5-9(13)6-8)11-15-10(14)16-12(17-11)19-2/h3-6H,7H2,1-2H3,(H2,14,15,16,17). The van der Waals surface area contributed by atoms with Crippen LogP contribution in [0.1, 0.15) is 5.56 Å². The van der Waals surface area contributed by atoms with E-state index in [0.29, 0.717) is 12.5 Å². The van der Waals surface area contributed by atoms with Crippen molar-refractivity contribution in [2.24, 2.45) is 0 Å². The highest BCUT2D eigenvalue weighted by Crippen LogP contribution is 2.14. The van der Waals surface area contributed by atoms with Crippen LogP contribution in [-0.2, 0) is 6.54 Å². The Morgan fingerprint density at radius 1 is 1.32 bits per heavy atom. The Bertz CT molecular complexity index is 578. The van der Waals surface area contributed by atoms with Crippen LogP contribution in [0.2, 0.25) is 0 Å². The molecule has 0 aliphatic rings. The van der Waals surface area contributed by atoms with Crippen LogP contribution in [0, 0.1) is 5.82 Å². The second-order valence-corrected chi connectivity index (χ2v) is 3.97. The van der Waals surface area contributed by atoms with E-state index in [4.69, 9.17) is 10.5 Å². The number of halogens is 1. The van der Waals surface area contributed by atoms with E-state index in [1.807, 2.05) is 6.07 Å². The number of methoxy groups -OCH3 is 1. The molecule has 100 valence electrons. The molecule has 7 heteroatoms. The van der Waals surface area contributed by atoms with Gasteiger partial charge in [-0.25, -0.2) is 4.39 Å². The normalized spacial score (nSPS) is 10.3. The van der Waals surface area contributed by atoms with Crippen molar-refractivity contribution in [2.75, 3.05) is 24.8 Å². The van der Waals surface area contributed by atoms with Crippen molar-refractivity contribution in [3.05, 3.63) is 35.6 Å². The summed E-state index contributed by atoms with van der Waals surface area (Å²) in [6.45, 7) is 0.449. The van der Waals surface area contributed by atoms with Crippen LogP contribution < -0.4 is 15.4 Å². The van der Waals surface area contributed by atoms with Crippen LogP contribution in [0.15, 0.2) is 24.3 Å². The van der Waals surface area contributed by atoms with E-state index in [0.717, 1.165) is 5.56 Å². The summed E-state index contributed by atoms with van der Waals surface area (Å²) in [5.41, 5.74) is 6.37. The van der Waals surface area contributed by atoms with E-state index in [1.54, 1.807) is 18.0 Å². The molecular weight excluding hydrogens is 249 g/mol. The monoisotopic (exact) mass is 263 g/mol. The van der Waals surface area contributed by atoms with Crippen LogP contribution >= 0.6 is 0 Å². The minimum absolute atomic E-state index is 0.0768. The molecule has 0 radical (unpaired) electrons. The second kappa shape index (κ2) is 5.47. The second-order valence-electron chi connectivity index (χ2n) is 3.97. The zero-order valence-corrected chi connectivity index (χ0v) is 10.7. The zero-order chi connectivity index (χ0) is 13.8. The van der Waals surface area contributed by atoms with Crippen LogP contribution in [0.25, 0.3) is 0 Å². The minimum Gasteiger partial charge on any atom is -0.467 e. The highest BCUT2D eigenvalue weighted by atomic mass is 19.1. The lowest BCUT2D eigenvalue weighted by molar-refractivity contribution is 0.379. The van der Waals surface area contributed by atoms with Gasteiger partial charge in [-0.2, -0.15) is 15.0 Å². The van der Waals surface area contributed by atoms with Gasteiger partial charge in [0.05, 0.1) is 7.11 Å². The fourth-order valence-corrected chi connectivity index (χ4v) is 1.60. The first-order chi connectivity index (χ1) is 9.08. The molecule has 2 N–H and O–H groups in total. The average Bonchev–Trinajstić information content (AvgIpc) is 2.38. The summed E-state index contributed by atoms with van der Waals surface area (Å²) in [5, 5.41) is 0. The number of rotatable bonds is 4. The molecule has 1 aromatic carbocycles. The van der Waals surface area contributed by atoms with Gasteiger partial charge in [0, 0.05) is 13.6 Å². The number of benzene rings is 1. The smallest absolute Gasteiger partial charge is 0.322 e. The van der Waals surface area contributed by atoms with Gasteiger partial charge >= 0.3 is 6.01 Å². The van der Waals surface area contributed by atoms with Crippen LogP contribution in [0.3, 0.4) is 0 Å². The molecule has 2 rings (SSSR count). The minimum atomic E-state index is -0.279. The van der Waals surface area contributed by atoms with Gasteiger partial charge in [0.1, 0.15) is 5.82 Å². The largest absolute Gasteiger partial charge is 0.467 e. The molecule has 1 aromatic heterocycles. The Morgan fingerprint density at radius 2 is 2.11 bits per heavy atom. The predicted octanol–water partition coefficient (Wildman–Crippen LogP) is 1.24. The molecule has 1 heterocycles. The SMILES string of the molecule is COc1nc(N)nc(N(C)Cc2cccc(F)c2)n1. The summed E-state index contributed by atoms with van der Waals surface area (Å²) in [4.78, 5) is 13.6. The van der Waals surface area contributed by atoms with Crippen molar-refractivity contribution in [2.45, 2.75) is 6.54 Å². The van der Waals surface area contributed by atoms with Crippen LogP contribution in [0.4, 0.5) is 16.3 Å². The van der Waals surface area contributed by atoms with Gasteiger partial charge in [-0.1, -0.05) is 12.1 Å². The molecule has 0 aliphatic heterocycles. The van der Waals surface area contributed by atoms with Gasteiger partial charge in [0.25, 0.3) is 0 Å². The lowest BCUT2D eigenvalue weighted by atomic mass is 10.2. The number of nitrogens with two attached hydrogens (primary N) is 1. The third-order valence-electron chi connectivity index (χ3n) is 2.45. The molecular formula is C12H14FN5O. The van der Waals surface area contributed by atoms with Crippen molar-refractivity contribution in [1.29, 1.82) is 0 Å². The maximum absolute atomic E-state index is 13.1.